The molecule has 1 aliphatic rings. The Morgan fingerprint density at radius 2 is 1.81 bits per heavy atom. The molecule has 3 heterocycles. The Balaban J connectivity index is 1.45. The van der Waals surface area contributed by atoms with Crippen LogP contribution in [0.25, 0.3) is 11.2 Å². The fraction of sp³-hybridized carbons (Fsp3) is 0.308. The molecular formula is C26H27N5O5. The number of aromatic nitrogens is 4. The number of rotatable bonds is 7. The third-order valence-corrected chi connectivity index (χ3v) is 6.25. The second-order valence-electron chi connectivity index (χ2n) is 8.64. The summed E-state index contributed by atoms with van der Waals surface area (Å²) in [6.07, 6.45) is 1.54. The van der Waals surface area contributed by atoms with Crippen LogP contribution in [0.2, 0.25) is 0 Å². The fourth-order valence-corrected chi connectivity index (χ4v) is 4.37. The number of hydrogen-bond acceptors (Lipinski definition) is 6. The summed E-state index contributed by atoms with van der Waals surface area (Å²) in [5.41, 5.74) is 1.17. The largest absolute Gasteiger partial charge is 0.486 e. The van der Waals surface area contributed by atoms with E-state index in [-0.39, 0.29) is 12.6 Å². The molecule has 1 N–H and O–H groups in total. The van der Waals surface area contributed by atoms with Gasteiger partial charge in [0.05, 0.1) is 18.9 Å². The maximum atomic E-state index is 13.4. The number of ether oxygens (including phenoxy) is 2. The van der Waals surface area contributed by atoms with E-state index in [0.717, 1.165) is 15.7 Å². The highest BCUT2D eigenvalue weighted by Crippen LogP contribution is 2.32. The number of nitrogens with zero attached hydrogens (tertiary/aromatic N) is 4. The highest BCUT2D eigenvalue weighted by Gasteiger charge is 2.21. The normalized spacial score (nSPS) is 13.5. The van der Waals surface area contributed by atoms with E-state index in [1.54, 1.807) is 17.0 Å². The van der Waals surface area contributed by atoms with Crippen LogP contribution in [-0.2, 0) is 24.4 Å². The van der Waals surface area contributed by atoms with Crippen LogP contribution < -0.4 is 26.0 Å². The molecule has 1 aliphatic heterocycles. The minimum absolute atomic E-state index is 0.229. The summed E-state index contributed by atoms with van der Waals surface area (Å²) in [5, 5.41) is 2.88. The molecule has 10 heteroatoms. The van der Waals surface area contributed by atoms with E-state index in [1.807, 2.05) is 56.3 Å². The van der Waals surface area contributed by atoms with Gasteiger partial charge in [0, 0.05) is 6.54 Å². The van der Waals surface area contributed by atoms with Gasteiger partial charge in [-0.1, -0.05) is 36.4 Å². The van der Waals surface area contributed by atoms with E-state index in [0.29, 0.717) is 42.4 Å². The zero-order valence-corrected chi connectivity index (χ0v) is 20.1. The van der Waals surface area contributed by atoms with Gasteiger partial charge < -0.3 is 19.4 Å². The number of benzene rings is 2. The smallest absolute Gasteiger partial charge is 0.333 e. The SMILES string of the molecule is CCn1cnc2c1c(=O)n(CC(=O)NC(C)c1ccc3c(c1)OCCO3)c(=O)n2Cc1ccccc1. The van der Waals surface area contributed by atoms with E-state index in [2.05, 4.69) is 10.3 Å². The Hall–Kier alpha value is -4.34. The number of carbonyl (C=O) groups excluding carboxylic acids is 1. The van der Waals surface area contributed by atoms with Crippen molar-refractivity contribution in [1.82, 2.24) is 24.0 Å². The molecule has 0 fully saturated rings. The Labute approximate surface area is 206 Å². The van der Waals surface area contributed by atoms with Gasteiger partial charge in [0.1, 0.15) is 19.8 Å². The highest BCUT2D eigenvalue weighted by atomic mass is 16.6. The molecular weight excluding hydrogens is 462 g/mol. The van der Waals surface area contributed by atoms with Crippen LogP contribution in [0.5, 0.6) is 11.5 Å². The second-order valence-corrected chi connectivity index (χ2v) is 8.64. The molecule has 1 atom stereocenters. The zero-order chi connectivity index (χ0) is 25.2. The Morgan fingerprint density at radius 3 is 2.56 bits per heavy atom. The first-order chi connectivity index (χ1) is 17.5. The molecule has 1 unspecified atom stereocenters. The van der Waals surface area contributed by atoms with Crippen LogP contribution in [0, 0.1) is 0 Å². The molecule has 1 amide bonds. The molecule has 186 valence electrons. The van der Waals surface area contributed by atoms with E-state index >= 15 is 0 Å². The van der Waals surface area contributed by atoms with Crippen LogP contribution >= 0.6 is 0 Å². The Kier molecular flexibility index (Phi) is 6.32. The van der Waals surface area contributed by atoms with Crippen LogP contribution in [-0.4, -0.2) is 37.8 Å². The molecule has 0 bridgehead atoms. The standard InChI is InChI=1S/C26H27N5O5/c1-3-29-16-27-24-23(29)25(33)31(26(34)30(24)14-18-7-5-4-6-8-18)15-22(32)28-17(2)19-9-10-20-21(13-19)36-12-11-35-20/h4-10,13,16-17H,3,11-12,14-15H2,1-2H3,(H,28,32). The second kappa shape index (κ2) is 9.73. The molecule has 0 saturated carbocycles. The van der Waals surface area contributed by atoms with Crippen LogP contribution in [0.3, 0.4) is 0 Å². The van der Waals surface area contributed by atoms with Crippen molar-refractivity contribution in [2.45, 2.75) is 39.5 Å². The molecule has 5 rings (SSSR count). The third-order valence-electron chi connectivity index (χ3n) is 6.25. The average Bonchev–Trinajstić information content (AvgIpc) is 3.33. The monoisotopic (exact) mass is 489 g/mol. The minimum atomic E-state index is -0.583. The lowest BCUT2D eigenvalue weighted by Crippen LogP contribution is -2.44. The van der Waals surface area contributed by atoms with Crippen molar-refractivity contribution in [1.29, 1.82) is 0 Å². The Morgan fingerprint density at radius 1 is 1.06 bits per heavy atom. The van der Waals surface area contributed by atoms with Crippen molar-refractivity contribution in [3.8, 4) is 11.5 Å². The maximum absolute atomic E-state index is 13.4. The van der Waals surface area contributed by atoms with E-state index in [4.69, 9.17) is 9.47 Å². The van der Waals surface area contributed by atoms with Crippen molar-refractivity contribution in [3.63, 3.8) is 0 Å². The van der Waals surface area contributed by atoms with Gasteiger partial charge in [-0.25, -0.2) is 14.3 Å². The molecule has 0 radical (unpaired) electrons. The summed E-state index contributed by atoms with van der Waals surface area (Å²) in [5.74, 6) is 0.831. The summed E-state index contributed by atoms with van der Waals surface area (Å²) in [4.78, 5) is 44.1. The van der Waals surface area contributed by atoms with Gasteiger partial charge in [-0.2, -0.15) is 0 Å². The molecule has 36 heavy (non-hydrogen) atoms. The van der Waals surface area contributed by atoms with E-state index in [1.165, 1.54) is 4.57 Å². The molecule has 0 spiro atoms. The first-order valence-electron chi connectivity index (χ1n) is 11.9. The van der Waals surface area contributed by atoms with Gasteiger partial charge in [0.15, 0.2) is 22.7 Å². The van der Waals surface area contributed by atoms with Crippen molar-refractivity contribution in [3.05, 3.63) is 86.8 Å². The molecule has 10 nitrogen and oxygen atoms in total. The van der Waals surface area contributed by atoms with Gasteiger partial charge >= 0.3 is 5.69 Å². The lowest BCUT2D eigenvalue weighted by Gasteiger charge is -2.21. The van der Waals surface area contributed by atoms with Gasteiger partial charge in [-0.15, -0.1) is 0 Å². The predicted octanol–water partition coefficient (Wildman–Crippen LogP) is 2.08. The summed E-state index contributed by atoms with van der Waals surface area (Å²) >= 11 is 0. The minimum Gasteiger partial charge on any atom is -0.486 e. The lowest BCUT2D eigenvalue weighted by molar-refractivity contribution is -0.122. The van der Waals surface area contributed by atoms with Gasteiger partial charge in [-0.05, 0) is 37.1 Å². The number of aryl methyl sites for hydroxylation is 1. The average molecular weight is 490 g/mol. The number of imidazole rings is 1. The summed E-state index contributed by atoms with van der Waals surface area (Å²) in [7, 11) is 0. The highest BCUT2D eigenvalue weighted by molar-refractivity contribution is 5.77. The lowest BCUT2D eigenvalue weighted by atomic mass is 10.1. The number of nitrogens with one attached hydrogen (secondary N) is 1. The summed E-state index contributed by atoms with van der Waals surface area (Å²) in [6, 6.07) is 14.5. The number of carbonyl (C=O) groups is 1. The van der Waals surface area contributed by atoms with Gasteiger partial charge in [0.25, 0.3) is 5.56 Å². The molecule has 2 aromatic heterocycles. The van der Waals surface area contributed by atoms with Gasteiger partial charge in [0.2, 0.25) is 5.91 Å². The molecule has 0 aliphatic carbocycles. The summed E-state index contributed by atoms with van der Waals surface area (Å²) < 4.78 is 15.3. The Bertz CT molecular complexity index is 1540. The number of fused-ring (bicyclic) bond motifs is 2. The van der Waals surface area contributed by atoms with Crippen LogP contribution in [0.15, 0.2) is 64.4 Å². The van der Waals surface area contributed by atoms with Crippen LogP contribution in [0.4, 0.5) is 0 Å². The zero-order valence-electron chi connectivity index (χ0n) is 20.1. The van der Waals surface area contributed by atoms with Crippen molar-refractivity contribution < 1.29 is 14.3 Å². The van der Waals surface area contributed by atoms with Crippen molar-refractivity contribution in [2.75, 3.05) is 13.2 Å². The maximum Gasteiger partial charge on any atom is 0.333 e. The molecule has 4 aromatic rings. The first-order valence-corrected chi connectivity index (χ1v) is 11.9. The first kappa shape index (κ1) is 23.4. The quantitative estimate of drug-likeness (QED) is 0.426. The number of amides is 1. The predicted molar refractivity (Wildman–Crippen MR) is 133 cm³/mol. The summed E-state index contributed by atoms with van der Waals surface area (Å²) in [6.45, 7) is 5.00. The topological polar surface area (TPSA) is 109 Å². The van der Waals surface area contributed by atoms with Gasteiger partial charge in [-0.3, -0.25) is 14.2 Å². The molecule has 0 saturated heterocycles. The third kappa shape index (κ3) is 4.37. The van der Waals surface area contributed by atoms with Crippen molar-refractivity contribution in [2.24, 2.45) is 0 Å². The number of hydrogen-bond donors (Lipinski definition) is 1. The van der Waals surface area contributed by atoms with Crippen molar-refractivity contribution >= 4 is 17.1 Å². The van der Waals surface area contributed by atoms with E-state index in [9.17, 15) is 14.4 Å². The fourth-order valence-electron chi connectivity index (χ4n) is 4.37. The molecule has 2 aromatic carbocycles. The van der Waals surface area contributed by atoms with Crippen LogP contribution in [0.1, 0.15) is 31.0 Å². The van der Waals surface area contributed by atoms with E-state index < -0.39 is 23.7 Å².